The summed E-state index contributed by atoms with van der Waals surface area (Å²) in [5.41, 5.74) is 0.549. The van der Waals surface area contributed by atoms with Crippen LogP contribution in [0.3, 0.4) is 0 Å². The van der Waals surface area contributed by atoms with Gasteiger partial charge in [0.1, 0.15) is 0 Å². The quantitative estimate of drug-likeness (QED) is 0.814. The van der Waals surface area contributed by atoms with E-state index in [0.717, 1.165) is 5.69 Å². The molecule has 7 nitrogen and oxygen atoms in total. The molecule has 2 heterocycles. The molecule has 0 spiro atoms. The van der Waals surface area contributed by atoms with Crippen LogP contribution >= 0.6 is 11.3 Å². The van der Waals surface area contributed by atoms with Gasteiger partial charge in [0.15, 0.2) is 0 Å². The first-order valence-electron chi connectivity index (χ1n) is 7.24. The van der Waals surface area contributed by atoms with E-state index < -0.39 is 0 Å². The van der Waals surface area contributed by atoms with Gasteiger partial charge in [0.05, 0.1) is 12.0 Å². The smallest absolute Gasteiger partial charge is 0.310 e. The Hall–Kier alpha value is -1.96. The first kappa shape index (κ1) is 16.4. The molecule has 0 radical (unpaired) electrons. The van der Waals surface area contributed by atoms with Crippen molar-refractivity contribution in [1.82, 2.24) is 14.6 Å². The summed E-state index contributed by atoms with van der Waals surface area (Å²) in [7, 11) is 0. The maximum absolute atomic E-state index is 11.9. The van der Waals surface area contributed by atoms with Crippen LogP contribution in [0.1, 0.15) is 33.4 Å². The number of esters is 1. The van der Waals surface area contributed by atoms with E-state index in [9.17, 15) is 9.59 Å². The van der Waals surface area contributed by atoms with Crippen LogP contribution in [0.15, 0.2) is 10.9 Å². The zero-order valence-corrected chi connectivity index (χ0v) is 13.9. The highest BCUT2D eigenvalue weighted by atomic mass is 32.1. The molecule has 2 rings (SSSR count). The zero-order valence-electron chi connectivity index (χ0n) is 13.1. The highest BCUT2D eigenvalue weighted by Gasteiger charge is 2.16. The molecule has 8 heteroatoms. The summed E-state index contributed by atoms with van der Waals surface area (Å²) in [6.07, 6.45) is 0.567. The number of anilines is 1. The third kappa shape index (κ3) is 3.82. The van der Waals surface area contributed by atoms with E-state index in [1.54, 1.807) is 6.92 Å². The lowest BCUT2D eigenvalue weighted by Crippen LogP contribution is -2.25. The monoisotopic (exact) mass is 324 g/mol. The number of aromatic nitrogens is 3. The number of hydrogen-bond donors (Lipinski definition) is 1. The topological polar surface area (TPSA) is 85.6 Å². The van der Waals surface area contributed by atoms with Gasteiger partial charge in [-0.15, -0.1) is 5.10 Å². The number of carbonyl (C=O) groups is 1. The van der Waals surface area contributed by atoms with E-state index in [2.05, 4.69) is 15.4 Å². The summed E-state index contributed by atoms with van der Waals surface area (Å²) < 4.78 is 6.41. The van der Waals surface area contributed by atoms with Gasteiger partial charge in [-0.05, 0) is 20.3 Å². The molecule has 0 amide bonds. The van der Waals surface area contributed by atoms with E-state index in [-0.39, 0.29) is 23.6 Å². The van der Waals surface area contributed by atoms with E-state index >= 15 is 0 Å². The van der Waals surface area contributed by atoms with Crippen LogP contribution in [0.2, 0.25) is 0 Å². The summed E-state index contributed by atoms with van der Waals surface area (Å²) in [4.78, 5) is 28.6. The Balaban J connectivity index is 2.08. The number of fused-ring (bicyclic) bond motifs is 1. The fourth-order valence-electron chi connectivity index (χ4n) is 1.78. The molecule has 0 saturated heterocycles. The van der Waals surface area contributed by atoms with Crippen molar-refractivity contribution in [2.75, 3.05) is 11.9 Å². The van der Waals surface area contributed by atoms with Gasteiger partial charge in [-0.1, -0.05) is 25.2 Å². The number of rotatable bonds is 6. The van der Waals surface area contributed by atoms with Gasteiger partial charge in [-0.25, -0.2) is 4.98 Å². The van der Waals surface area contributed by atoms with Crippen LogP contribution in [0.5, 0.6) is 0 Å². The average molecular weight is 324 g/mol. The number of hydrogen-bond acceptors (Lipinski definition) is 7. The summed E-state index contributed by atoms with van der Waals surface area (Å²) in [5, 5.41) is 7.79. The molecule has 0 fully saturated rings. The molecular weight excluding hydrogens is 304 g/mol. The Kier molecular flexibility index (Phi) is 5.12. The van der Waals surface area contributed by atoms with Crippen molar-refractivity contribution in [2.24, 2.45) is 5.92 Å². The van der Waals surface area contributed by atoms with E-state index in [4.69, 9.17) is 4.74 Å². The van der Waals surface area contributed by atoms with Gasteiger partial charge < -0.3 is 10.1 Å². The van der Waals surface area contributed by atoms with Crippen molar-refractivity contribution in [3.63, 3.8) is 0 Å². The lowest BCUT2D eigenvalue weighted by Gasteiger charge is -2.13. The van der Waals surface area contributed by atoms with Crippen LogP contribution in [0.4, 0.5) is 5.13 Å². The van der Waals surface area contributed by atoms with Crippen molar-refractivity contribution >= 4 is 27.4 Å². The third-order valence-corrected chi connectivity index (χ3v) is 3.84. The molecular formula is C14H20N4O3S. The van der Waals surface area contributed by atoms with Crippen molar-refractivity contribution in [3.8, 4) is 0 Å². The minimum atomic E-state index is -0.301. The molecule has 22 heavy (non-hydrogen) atoms. The molecule has 2 aromatic rings. The average Bonchev–Trinajstić information content (AvgIpc) is 2.87. The van der Waals surface area contributed by atoms with Gasteiger partial charge in [-0.3, -0.25) is 9.59 Å². The second kappa shape index (κ2) is 6.87. The van der Waals surface area contributed by atoms with Gasteiger partial charge in [-0.2, -0.15) is 4.52 Å². The van der Waals surface area contributed by atoms with E-state index in [0.29, 0.717) is 23.1 Å². The summed E-state index contributed by atoms with van der Waals surface area (Å²) >= 11 is 1.29. The predicted octanol–water partition coefficient (Wildman–Crippen LogP) is 1.71. The maximum atomic E-state index is 11.9. The molecule has 2 aromatic heterocycles. The molecule has 120 valence electrons. The molecule has 0 saturated carbocycles. The van der Waals surface area contributed by atoms with Crippen molar-refractivity contribution in [2.45, 2.75) is 40.2 Å². The Bertz CT molecular complexity index is 722. The Morgan fingerprint density at radius 1 is 1.45 bits per heavy atom. The summed E-state index contributed by atoms with van der Waals surface area (Å²) in [6.45, 7) is 7.75. The zero-order chi connectivity index (χ0) is 16.3. The first-order chi connectivity index (χ1) is 10.4. The van der Waals surface area contributed by atoms with Gasteiger partial charge in [0.25, 0.3) is 5.56 Å². The number of carbonyl (C=O) groups excluding carboxylic acids is 1. The Morgan fingerprint density at radius 3 is 2.82 bits per heavy atom. The lowest BCUT2D eigenvalue weighted by molar-refractivity contribution is -0.151. The Labute approximate surface area is 132 Å². The maximum Gasteiger partial charge on any atom is 0.310 e. The second-order valence-corrected chi connectivity index (χ2v) is 6.26. The number of nitrogens with one attached hydrogen (secondary N) is 1. The van der Waals surface area contributed by atoms with Crippen LogP contribution < -0.4 is 10.9 Å². The summed E-state index contributed by atoms with van der Waals surface area (Å²) in [6, 6.07) is 1.49. The third-order valence-electron chi connectivity index (χ3n) is 2.97. The molecule has 0 aliphatic carbocycles. The standard InChI is InChI=1S/C14H20N4O3S/c1-5-10-6-11(19)18-14(16-10)22-13(17-18)15-7-9(4)12(20)21-8(2)3/h6,8-9H,5,7H2,1-4H3,(H,15,17). The minimum Gasteiger partial charge on any atom is -0.463 e. The van der Waals surface area contributed by atoms with Crippen LogP contribution in [0.25, 0.3) is 4.96 Å². The Morgan fingerprint density at radius 2 is 2.18 bits per heavy atom. The SMILES string of the molecule is CCc1cc(=O)n2nc(NCC(C)C(=O)OC(C)C)sc2n1. The molecule has 1 atom stereocenters. The molecule has 0 aromatic carbocycles. The highest BCUT2D eigenvalue weighted by Crippen LogP contribution is 2.17. The largest absolute Gasteiger partial charge is 0.463 e. The van der Waals surface area contributed by atoms with E-state index in [1.807, 2.05) is 20.8 Å². The fourth-order valence-corrected chi connectivity index (χ4v) is 2.61. The molecule has 1 N–H and O–H groups in total. The minimum absolute atomic E-state index is 0.132. The normalized spacial score (nSPS) is 12.6. The summed E-state index contributed by atoms with van der Waals surface area (Å²) in [5.74, 6) is -0.558. The first-order valence-corrected chi connectivity index (χ1v) is 8.06. The number of nitrogens with zero attached hydrogens (tertiary/aromatic N) is 3. The highest BCUT2D eigenvalue weighted by molar-refractivity contribution is 7.20. The van der Waals surface area contributed by atoms with Crippen molar-refractivity contribution in [1.29, 1.82) is 0 Å². The second-order valence-electron chi connectivity index (χ2n) is 5.31. The van der Waals surface area contributed by atoms with Crippen molar-refractivity contribution in [3.05, 3.63) is 22.1 Å². The van der Waals surface area contributed by atoms with E-state index in [1.165, 1.54) is 21.9 Å². The van der Waals surface area contributed by atoms with Gasteiger partial charge in [0.2, 0.25) is 10.1 Å². The molecule has 1 unspecified atom stereocenters. The van der Waals surface area contributed by atoms with Crippen LogP contribution in [0, 0.1) is 5.92 Å². The van der Waals surface area contributed by atoms with Crippen molar-refractivity contribution < 1.29 is 9.53 Å². The predicted molar refractivity (Wildman–Crippen MR) is 85.4 cm³/mol. The van der Waals surface area contributed by atoms with Crippen LogP contribution in [-0.2, 0) is 16.0 Å². The number of ether oxygens (including phenoxy) is 1. The fraction of sp³-hybridized carbons (Fsp3) is 0.571. The molecule has 0 aliphatic rings. The molecule has 0 bridgehead atoms. The van der Waals surface area contributed by atoms with Crippen LogP contribution in [-0.4, -0.2) is 33.2 Å². The number of aryl methyl sites for hydroxylation is 1. The molecule has 0 aliphatic heterocycles. The van der Waals surface area contributed by atoms with Gasteiger partial charge in [0, 0.05) is 18.3 Å². The lowest BCUT2D eigenvalue weighted by atomic mass is 10.2. The van der Waals surface area contributed by atoms with Gasteiger partial charge >= 0.3 is 5.97 Å².